The second-order valence-corrected chi connectivity index (χ2v) is 8.36. The molecule has 2 aromatic rings. The van der Waals surface area contributed by atoms with E-state index in [-0.39, 0.29) is 40.0 Å². The number of rotatable bonds is 6. The smallest absolute Gasteiger partial charge is 0.374 e. The van der Waals surface area contributed by atoms with Gasteiger partial charge in [0.1, 0.15) is 0 Å². The van der Waals surface area contributed by atoms with Crippen molar-refractivity contribution in [1.29, 1.82) is 0 Å². The Morgan fingerprint density at radius 2 is 1.85 bits per heavy atom. The monoisotopic (exact) mass is 511 g/mol. The van der Waals surface area contributed by atoms with Gasteiger partial charge in [0.25, 0.3) is 11.5 Å². The van der Waals surface area contributed by atoms with Crippen LogP contribution in [0.2, 0.25) is 10.0 Å². The maximum atomic E-state index is 14.2. The topological polar surface area (TPSA) is 79.8 Å². The van der Waals surface area contributed by atoms with Gasteiger partial charge in [0.05, 0.1) is 18.8 Å². The van der Waals surface area contributed by atoms with Gasteiger partial charge in [0.2, 0.25) is 5.91 Å². The highest BCUT2D eigenvalue weighted by atomic mass is 35.5. The number of hydrogen-bond donors (Lipinski definition) is 2. The summed E-state index contributed by atoms with van der Waals surface area (Å²) in [5.74, 6) is 1.26. The van der Waals surface area contributed by atoms with Crippen LogP contribution in [0.1, 0.15) is 33.5 Å². The van der Waals surface area contributed by atoms with E-state index < -0.39 is 30.0 Å². The Balaban J connectivity index is 1.81. The summed E-state index contributed by atoms with van der Waals surface area (Å²) in [4.78, 5) is 29.0. The van der Waals surface area contributed by atoms with E-state index in [9.17, 15) is 22.8 Å². The quantitative estimate of drug-likeness (QED) is 0.565. The van der Waals surface area contributed by atoms with Gasteiger partial charge in [-0.15, -0.1) is 6.42 Å². The molecule has 6 nitrogen and oxygen atoms in total. The van der Waals surface area contributed by atoms with Crippen molar-refractivity contribution < 1.29 is 27.6 Å². The molecule has 0 fully saturated rings. The van der Waals surface area contributed by atoms with E-state index in [0.717, 1.165) is 12.1 Å². The number of nitrogens with zero attached hydrogens (tertiary/aromatic N) is 1. The van der Waals surface area contributed by atoms with Crippen LogP contribution in [0.4, 0.5) is 13.2 Å². The normalized spacial score (nSPS) is 17.4. The van der Waals surface area contributed by atoms with Crippen LogP contribution in [0.15, 0.2) is 41.6 Å². The molecule has 0 spiro atoms. The first-order valence-corrected chi connectivity index (χ1v) is 10.6. The van der Waals surface area contributed by atoms with Gasteiger partial charge in [-0.1, -0.05) is 40.3 Å². The van der Waals surface area contributed by atoms with Crippen molar-refractivity contribution in [3.05, 3.63) is 68.7 Å². The highest BCUT2D eigenvalue weighted by Gasteiger charge is 2.62. The van der Waals surface area contributed by atoms with E-state index in [4.69, 9.17) is 34.5 Å². The van der Waals surface area contributed by atoms with Crippen LogP contribution in [0.5, 0.6) is 0 Å². The molecule has 1 unspecified atom stereocenters. The third kappa shape index (κ3) is 5.29. The Morgan fingerprint density at radius 1 is 1.18 bits per heavy atom. The van der Waals surface area contributed by atoms with Crippen LogP contribution >= 0.6 is 23.2 Å². The van der Waals surface area contributed by atoms with Crippen LogP contribution in [-0.4, -0.2) is 36.8 Å². The third-order valence-electron chi connectivity index (χ3n) is 5.12. The van der Waals surface area contributed by atoms with Crippen molar-refractivity contribution in [2.45, 2.75) is 25.1 Å². The molecule has 2 amide bonds. The minimum Gasteiger partial charge on any atom is -0.374 e. The van der Waals surface area contributed by atoms with Crippen molar-refractivity contribution in [3.63, 3.8) is 0 Å². The predicted molar refractivity (Wildman–Crippen MR) is 122 cm³/mol. The maximum absolute atomic E-state index is 14.2. The molecule has 0 saturated carbocycles. The third-order valence-corrected chi connectivity index (χ3v) is 5.55. The van der Waals surface area contributed by atoms with Crippen molar-refractivity contribution in [1.82, 2.24) is 10.6 Å². The summed E-state index contributed by atoms with van der Waals surface area (Å²) in [5, 5.41) is 8.63. The molecule has 178 valence electrons. The molecule has 1 aliphatic heterocycles. The molecular weight excluding hydrogens is 494 g/mol. The molecule has 2 aromatic carbocycles. The molecule has 1 heterocycles. The first kappa shape index (κ1) is 25.4. The second kappa shape index (κ2) is 9.95. The summed E-state index contributed by atoms with van der Waals surface area (Å²) in [5.41, 5.74) is -1.93. The van der Waals surface area contributed by atoms with Crippen molar-refractivity contribution in [2.24, 2.45) is 5.16 Å². The number of carbonyl (C=O) groups excluding carboxylic acids is 2. The SMILES string of the molecule is C#CCNC(=O)CNC(=O)c1ccc(C2=NOC(c3cc(Cl)cc(Cl)c3)(C(F)(F)F)C2)cc1C. The lowest BCUT2D eigenvalue weighted by molar-refractivity contribution is -0.275. The van der Waals surface area contributed by atoms with E-state index in [0.29, 0.717) is 11.1 Å². The number of aryl methyl sites for hydroxylation is 1. The van der Waals surface area contributed by atoms with Gasteiger partial charge in [0.15, 0.2) is 0 Å². The molecule has 0 bridgehead atoms. The number of oxime groups is 1. The van der Waals surface area contributed by atoms with Crippen LogP contribution < -0.4 is 10.6 Å². The molecule has 34 heavy (non-hydrogen) atoms. The molecule has 0 radical (unpaired) electrons. The summed E-state index contributed by atoms with van der Waals surface area (Å²) in [6.45, 7) is 1.37. The minimum absolute atomic E-state index is 0.0300. The van der Waals surface area contributed by atoms with Crippen LogP contribution in [0, 0.1) is 19.3 Å². The van der Waals surface area contributed by atoms with Crippen molar-refractivity contribution in [2.75, 3.05) is 13.1 Å². The highest BCUT2D eigenvalue weighted by molar-refractivity contribution is 6.34. The van der Waals surface area contributed by atoms with Crippen molar-refractivity contribution >= 4 is 40.7 Å². The van der Waals surface area contributed by atoms with E-state index in [1.807, 2.05) is 0 Å². The lowest BCUT2D eigenvalue weighted by Gasteiger charge is -2.29. The molecule has 0 aromatic heterocycles. The molecule has 3 rings (SSSR count). The number of amides is 2. The molecule has 1 atom stereocenters. The summed E-state index contributed by atoms with van der Waals surface area (Å²) in [6.07, 6.45) is -0.384. The highest BCUT2D eigenvalue weighted by Crippen LogP contribution is 2.49. The van der Waals surface area contributed by atoms with Crippen molar-refractivity contribution in [3.8, 4) is 12.3 Å². The van der Waals surface area contributed by atoms with Gasteiger partial charge in [-0.05, 0) is 48.4 Å². The number of halogens is 5. The standard InChI is InChI=1S/C23H18Cl2F3N3O3/c1-3-6-29-20(32)12-30-21(33)18-5-4-14(7-13(18)2)19-11-22(34-31-19,23(26,27)28)15-8-16(24)10-17(25)9-15/h1,4-5,7-10H,6,11-12H2,2H3,(H,29,32)(H,30,33). The largest absolute Gasteiger partial charge is 0.435 e. The van der Waals surface area contributed by atoms with Crippen LogP contribution in [0.25, 0.3) is 0 Å². The maximum Gasteiger partial charge on any atom is 0.435 e. The fraction of sp³-hybridized carbons (Fsp3) is 0.261. The minimum atomic E-state index is -4.82. The van der Waals surface area contributed by atoms with Gasteiger partial charge in [0, 0.05) is 27.6 Å². The Kier molecular flexibility index (Phi) is 7.44. The van der Waals surface area contributed by atoms with Gasteiger partial charge >= 0.3 is 6.18 Å². The van der Waals surface area contributed by atoms with Crippen LogP contribution in [0.3, 0.4) is 0 Å². The summed E-state index contributed by atoms with van der Waals surface area (Å²) in [7, 11) is 0. The van der Waals surface area contributed by atoms with E-state index in [1.54, 1.807) is 6.92 Å². The zero-order valence-electron chi connectivity index (χ0n) is 17.7. The number of terminal acetylenes is 1. The van der Waals surface area contributed by atoms with Gasteiger partial charge in [-0.2, -0.15) is 13.2 Å². The molecule has 2 N–H and O–H groups in total. The fourth-order valence-electron chi connectivity index (χ4n) is 3.41. The van der Waals surface area contributed by atoms with E-state index in [2.05, 4.69) is 21.7 Å². The molecule has 0 aliphatic carbocycles. The van der Waals surface area contributed by atoms with Gasteiger partial charge < -0.3 is 15.5 Å². The number of benzene rings is 2. The van der Waals surface area contributed by atoms with Gasteiger partial charge in [-0.3, -0.25) is 9.59 Å². The first-order chi connectivity index (χ1) is 16.0. The predicted octanol–water partition coefficient (Wildman–Crippen LogP) is 4.36. The zero-order chi connectivity index (χ0) is 25.1. The van der Waals surface area contributed by atoms with E-state index in [1.165, 1.54) is 24.3 Å². The Bertz CT molecular complexity index is 1190. The first-order valence-electron chi connectivity index (χ1n) is 9.84. The molecule has 11 heteroatoms. The summed E-state index contributed by atoms with van der Waals surface area (Å²) < 4.78 is 42.5. The fourth-order valence-corrected chi connectivity index (χ4v) is 3.94. The molecule has 1 aliphatic rings. The number of alkyl halides is 3. The molecular formula is C23H18Cl2F3N3O3. The average molecular weight is 512 g/mol. The Morgan fingerprint density at radius 3 is 2.44 bits per heavy atom. The second-order valence-electron chi connectivity index (χ2n) is 7.48. The lowest BCUT2D eigenvalue weighted by atomic mass is 9.86. The Hall–Kier alpha value is -3.22. The van der Waals surface area contributed by atoms with Gasteiger partial charge in [-0.25, -0.2) is 0 Å². The zero-order valence-corrected chi connectivity index (χ0v) is 19.2. The average Bonchev–Trinajstić information content (AvgIpc) is 3.22. The molecule has 0 saturated heterocycles. The number of nitrogens with one attached hydrogen (secondary N) is 2. The van der Waals surface area contributed by atoms with E-state index >= 15 is 0 Å². The Labute approximate surface area is 203 Å². The number of carbonyl (C=O) groups is 2. The summed E-state index contributed by atoms with van der Waals surface area (Å²) in [6, 6.07) is 8.01. The number of hydrogen-bond acceptors (Lipinski definition) is 4. The summed E-state index contributed by atoms with van der Waals surface area (Å²) >= 11 is 11.8. The van der Waals surface area contributed by atoms with Crippen LogP contribution in [-0.2, 0) is 15.2 Å². The lowest BCUT2D eigenvalue weighted by Crippen LogP contribution is -2.42.